The fraction of sp³-hybridized carbons (Fsp3) is 0.714. The van der Waals surface area contributed by atoms with E-state index in [2.05, 4.69) is 27.5 Å². The van der Waals surface area contributed by atoms with Crippen molar-refractivity contribution in [2.45, 2.75) is 38.7 Å². The first kappa shape index (κ1) is 15.0. The van der Waals surface area contributed by atoms with Crippen molar-refractivity contribution in [1.82, 2.24) is 9.97 Å². The Morgan fingerprint density at radius 2 is 2.05 bits per heavy atom. The van der Waals surface area contributed by atoms with Gasteiger partial charge in [-0.25, -0.2) is 4.98 Å². The average molecular weight is 280 g/mol. The van der Waals surface area contributed by atoms with Gasteiger partial charge in [0.2, 0.25) is 5.95 Å². The Morgan fingerprint density at radius 3 is 2.75 bits per heavy atom. The molecule has 2 rings (SSSR count). The molecule has 6 heteroatoms. The van der Waals surface area contributed by atoms with E-state index in [1.807, 2.05) is 13.0 Å². The van der Waals surface area contributed by atoms with E-state index in [0.29, 0.717) is 38.5 Å². The third kappa shape index (κ3) is 4.31. The van der Waals surface area contributed by atoms with Gasteiger partial charge in [-0.3, -0.25) is 0 Å². The van der Waals surface area contributed by atoms with Gasteiger partial charge in [0.15, 0.2) is 0 Å². The number of aromatic nitrogens is 2. The molecule has 2 heterocycles. The van der Waals surface area contributed by atoms with Crippen molar-refractivity contribution in [2.75, 3.05) is 36.9 Å². The van der Waals surface area contributed by atoms with Crippen molar-refractivity contribution in [2.24, 2.45) is 0 Å². The molecule has 0 unspecified atom stereocenters. The minimum atomic E-state index is -0.700. The van der Waals surface area contributed by atoms with Crippen molar-refractivity contribution < 1.29 is 9.84 Å². The SMILES string of the molecule is CCCNc1nc(C)cc(NCC2(O)CCOCC2)n1. The predicted molar refractivity (Wildman–Crippen MR) is 79.0 cm³/mol. The van der Waals surface area contributed by atoms with Crippen LogP contribution in [0, 0.1) is 6.92 Å². The van der Waals surface area contributed by atoms with Crippen LogP contribution in [0.3, 0.4) is 0 Å². The smallest absolute Gasteiger partial charge is 0.224 e. The number of nitrogens with zero attached hydrogens (tertiary/aromatic N) is 2. The number of hydrogen-bond donors (Lipinski definition) is 3. The van der Waals surface area contributed by atoms with Crippen LogP contribution in [0.5, 0.6) is 0 Å². The van der Waals surface area contributed by atoms with E-state index in [1.165, 1.54) is 0 Å². The second kappa shape index (κ2) is 6.85. The van der Waals surface area contributed by atoms with Gasteiger partial charge in [-0.05, 0) is 13.3 Å². The quantitative estimate of drug-likeness (QED) is 0.734. The number of ether oxygens (including phenoxy) is 1. The van der Waals surface area contributed by atoms with Gasteiger partial charge in [0.05, 0.1) is 5.60 Å². The molecule has 20 heavy (non-hydrogen) atoms. The summed E-state index contributed by atoms with van der Waals surface area (Å²) in [5.74, 6) is 1.38. The van der Waals surface area contributed by atoms with E-state index >= 15 is 0 Å². The summed E-state index contributed by atoms with van der Waals surface area (Å²) < 4.78 is 5.28. The van der Waals surface area contributed by atoms with E-state index in [1.54, 1.807) is 0 Å². The highest BCUT2D eigenvalue weighted by molar-refractivity contribution is 5.42. The van der Waals surface area contributed by atoms with Gasteiger partial charge >= 0.3 is 0 Å². The molecule has 112 valence electrons. The maximum Gasteiger partial charge on any atom is 0.224 e. The van der Waals surface area contributed by atoms with Crippen LogP contribution in [-0.2, 0) is 4.74 Å². The summed E-state index contributed by atoms with van der Waals surface area (Å²) in [6, 6.07) is 1.89. The van der Waals surface area contributed by atoms with Crippen LogP contribution in [0.4, 0.5) is 11.8 Å². The third-order valence-corrected chi connectivity index (χ3v) is 3.41. The molecule has 0 radical (unpaired) electrons. The summed E-state index contributed by atoms with van der Waals surface area (Å²) >= 11 is 0. The molecule has 1 saturated heterocycles. The molecule has 0 atom stereocenters. The fourth-order valence-corrected chi connectivity index (χ4v) is 2.16. The largest absolute Gasteiger partial charge is 0.388 e. The molecule has 0 spiro atoms. The normalized spacial score (nSPS) is 17.8. The van der Waals surface area contributed by atoms with Crippen molar-refractivity contribution >= 4 is 11.8 Å². The van der Waals surface area contributed by atoms with Crippen LogP contribution in [0.2, 0.25) is 0 Å². The Kier molecular flexibility index (Phi) is 5.14. The molecule has 6 nitrogen and oxygen atoms in total. The lowest BCUT2D eigenvalue weighted by molar-refractivity contribution is -0.0543. The molecular formula is C14H24N4O2. The number of rotatable bonds is 6. The van der Waals surface area contributed by atoms with Crippen molar-refractivity contribution in [3.8, 4) is 0 Å². The van der Waals surface area contributed by atoms with Crippen LogP contribution in [0.25, 0.3) is 0 Å². The fourth-order valence-electron chi connectivity index (χ4n) is 2.16. The van der Waals surface area contributed by atoms with Crippen molar-refractivity contribution in [1.29, 1.82) is 0 Å². The third-order valence-electron chi connectivity index (χ3n) is 3.41. The number of hydrogen-bond acceptors (Lipinski definition) is 6. The molecule has 0 aromatic carbocycles. The molecule has 1 aliphatic heterocycles. The maximum atomic E-state index is 10.4. The maximum absolute atomic E-state index is 10.4. The Balaban J connectivity index is 1.96. The molecule has 0 amide bonds. The van der Waals surface area contributed by atoms with Gasteiger partial charge in [-0.15, -0.1) is 0 Å². The number of nitrogens with one attached hydrogen (secondary N) is 2. The van der Waals surface area contributed by atoms with E-state index in [4.69, 9.17) is 4.74 Å². The first-order valence-electron chi connectivity index (χ1n) is 7.25. The molecule has 3 N–H and O–H groups in total. The lowest BCUT2D eigenvalue weighted by atomic mass is 9.94. The summed E-state index contributed by atoms with van der Waals surface area (Å²) in [6.07, 6.45) is 2.34. The Morgan fingerprint density at radius 1 is 1.30 bits per heavy atom. The minimum Gasteiger partial charge on any atom is -0.388 e. The van der Waals surface area contributed by atoms with Crippen LogP contribution in [-0.4, -0.2) is 47.0 Å². The topological polar surface area (TPSA) is 79.3 Å². The van der Waals surface area contributed by atoms with E-state index in [0.717, 1.165) is 24.5 Å². The molecular weight excluding hydrogens is 256 g/mol. The Hall–Kier alpha value is -1.40. The average Bonchev–Trinajstić information content (AvgIpc) is 2.43. The first-order chi connectivity index (χ1) is 9.61. The minimum absolute atomic E-state index is 0.486. The molecule has 0 saturated carbocycles. The van der Waals surface area contributed by atoms with Gasteiger partial charge < -0.3 is 20.5 Å². The van der Waals surface area contributed by atoms with Crippen LogP contribution < -0.4 is 10.6 Å². The lowest BCUT2D eigenvalue weighted by Gasteiger charge is -2.32. The molecule has 0 aliphatic carbocycles. The summed E-state index contributed by atoms with van der Waals surface area (Å²) in [5.41, 5.74) is 0.203. The standard InChI is InChI=1S/C14H24N4O2/c1-3-6-15-13-17-11(2)9-12(18-13)16-10-14(19)4-7-20-8-5-14/h9,19H,3-8,10H2,1-2H3,(H2,15,16,17,18). The number of aliphatic hydroxyl groups is 1. The van der Waals surface area contributed by atoms with Gasteiger partial charge in [0.25, 0.3) is 0 Å². The van der Waals surface area contributed by atoms with Crippen LogP contribution in [0.15, 0.2) is 6.07 Å². The van der Waals surface area contributed by atoms with Gasteiger partial charge in [-0.1, -0.05) is 6.92 Å². The van der Waals surface area contributed by atoms with E-state index in [9.17, 15) is 5.11 Å². The van der Waals surface area contributed by atoms with Crippen molar-refractivity contribution in [3.63, 3.8) is 0 Å². The predicted octanol–water partition coefficient (Wildman–Crippen LogP) is 1.56. The molecule has 1 fully saturated rings. The summed E-state index contributed by atoms with van der Waals surface area (Å²) in [7, 11) is 0. The summed E-state index contributed by atoms with van der Waals surface area (Å²) in [6.45, 7) is 6.61. The first-order valence-corrected chi connectivity index (χ1v) is 7.25. The highest BCUT2D eigenvalue weighted by Gasteiger charge is 2.29. The zero-order valence-corrected chi connectivity index (χ0v) is 12.3. The van der Waals surface area contributed by atoms with Gasteiger partial charge in [0, 0.05) is 50.9 Å². The monoisotopic (exact) mass is 280 g/mol. The lowest BCUT2D eigenvalue weighted by Crippen LogP contribution is -2.42. The van der Waals surface area contributed by atoms with Crippen LogP contribution in [0.1, 0.15) is 31.9 Å². The Labute approximate surface area is 120 Å². The summed E-state index contributed by atoms with van der Waals surface area (Å²) in [5, 5.41) is 16.8. The Bertz CT molecular complexity index is 433. The van der Waals surface area contributed by atoms with Crippen LogP contribution >= 0.6 is 0 Å². The highest BCUT2D eigenvalue weighted by atomic mass is 16.5. The molecule has 1 aliphatic rings. The number of aryl methyl sites for hydroxylation is 1. The second-order valence-electron chi connectivity index (χ2n) is 5.34. The number of anilines is 2. The zero-order chi connectivity index (χ0) is 14.4. The molecule has 0 bridgehead atoms. The molecule has 1 aromatic rings. The van der Waals surface area contributed by atoms with E-state index in [-0.39, 0.29) is 0 Å². The highest BCUT2D eigenvalue weighted by Crippen LogP contribution is 2.21. The van der Waals surface area contributed by atoms with Crippen molar-refractivity contribution in [3.05, 3.63) is 11.8 Å². The summed E-state index contributed by atoms with van der Waals surface area (Å²) in [4.78, 5) is 8.75. The molecule has 1 aromatic heterocycles. The van der Waals surface area contributed by atoms with Gasteiger partial charge in [0.1, 0.15) is 5.82 Å². The second-order valence-corrected chi connectivity index (χ2v) is 5.34. The zero-order valence-electron chi connectivity index (χ0n) is 12.3. The van der Waals surface area contributed by atoms with E-state index < -0.39 is 5.60 Å². The van der Waals surface area contributed by atoms with Gasteiger partial charge in [-0.2, -0.15) is 4.98 Å².